The molecule has 0 atom stereocenters. The quantitative estimate of drug-likeness (QED) is 0.553. The predicted octanol–water partition coefficient (Wildman–Crippen LogP) is 4.30. The van der Waals surface area contributed by atoms with E-state index in [0.717, 1.165) is 0 Å². The number of ether oxygens (including phenoxy) is 2. The van der Waals surface area contributed by atoms with Crippen LogP contribution in [0, 0.1) is 17.0 Å². The van der Waals surface area contributed by atoms with Gasteiger partial charge in [-0.05, 0) is 42.2 Å². The van der Waals surface area contributed by atoms with Crippen molar-refractivity contribution in [1.29, 1.82) is 0 Å². The van der Waals surface area contributed by atoms with Crippen LogP contribution in [0.25, 0.3) is 11.3 Å². The number of carbonyl (C=O) groups excluding carboxylic acids is 2. The average Bonchev–Trinajstić information content (AvgIpc) is 2.65. The lowest BCUT2D eigenvalue weighted by atomic mass is 10.0. The molecule has 9 heteroatoms. The summed E-state index contributed by atoms with van der Waals surface area (Å²) in [4.78, 5) is 28.5. The maximum atomic E-state index is 15.0. The zero-order valence-corrected chi connectivity index (χ0v) is 19.0. The molecule has 2 aromatic rings. The summed E-state index contributed by atoms with van der Waals surface area (Å²) in [5.41, 5.74) is 0.402. The first-order chi connectivity index (χ1) is 14.0. The summed E-state index contributed by atoms with van der Waals surface area (Å²) in [6.07, 6.45) is 5.94. The fourth-order valence-electron chi connectivity index (χ4n) is 2.46. The highest BCUT2D eigenvalue weighted by atomic mass is 35.5. The van der Waals surface area contributed by atoms with Crippen molar-refractivity contribution in [3.05, 3.63) is 40.3 Å². The van der Waals surface area contributed by atoms with Crippen LogP contribution >= 0.6 is 21.6 Å². The van der Waals surface area contributed by atoms with Gasteiger partial charge in [0, 0.05) is 12.5 Å². The third kappa shape index (κ3) is 5.43. The molecule has 30 heavy (non-hydrogen) atoms. The van der Waals surface area contributed by atoms with Gasteiger partial charge in [0.05, 0.1) is 36.2 Å². The maximum Gasteiger partial charge on any atom is 0.358 e. The summed E-state index contributed by atoms with van der Waals surface area (Å²) >= 11 is 5.97. The molecule has 6 nitrogen and oxygen atoms in total. The van der Waals surface area contributed by atoms with Crippen molar-refractivity contribution < 1.29 is 23.5 Å². The number of methoxy groups -OCH3 is 2. The molecule has 0 aliphatic heterocycles. The fraction of sp³-hybridized carbons (Fsp3) is 0.286. The first kappa shape index (κ1) is 23.5. The number of carbonyl (C=O) groups is 2. The van der Waals surface area contributed by atoms with Crippen LogP contribution in [0.2, 0.25) is 5.02 Å². The van der Waals surface area contributed by atoms with Crippen molar-refractivity contribution in [2.75, 3.05) is 38.3 Å². The van der Waals surface area contributed by atoms with Crippen molar-refractivity contribution in [3.8, 4) is 28.2 Å². The first-order valence-corrected chi connectivity index (χ1v) is 11.9. The molecular formula is C21H22ClFN2O4S. The van der Waals surface area contributed by atoms with Gasteiger partial charge in [-0.1, -0.05) is 17.5 Å². The Kier molecular flexibility index (Phi) is 7.34. The number of benzene rings is 1. The summed E-state index contributed by atoms with van der Waals surface area (Å²) in [5, 5.41) is 5.82. The monoisotopic (exact) mass is 452 g/mol. The number of hydrogen-bond donors (Lipinski definition) is 1. The number of pyridine rings is 1. The van der Waals surface area contributed by atoms with Gasteiger partial charge >= 0.3 is 5.97 Å². The number of nitrogens with one attached hydrogen (secondary N) is 1. The van der Waals surface area contributed by atoms with Gasteiger partial charge in [0.25, 0.3) is 0 Å². The molecule has 1 aromatic carbocycles. The van der Waals surface area contributed by atoms with E-state index in [0.29, 0.717) is 0 Å². The molecule has 0 aliphatic carbocycles. The minimum Gasteiger partial charge on any atom is -0.492 e. The van der Waals surface area contributed by atoms with E-state index in [1.807, 2.05) is 18.8 Å². The van der Waals surface area contributed by atoms with Gasteiger partial charge in [-0.15, -0.1) is 0 Å². The normalized spacial score (nSPS) is 11.2. The van der Waals surface area contributed by atoms with Gasteiger partial charge in [0.2, 0.25) is 5.91 Å². The number of nitrogens with zero attached hydrogens (tertiary/aromatic N) is 1. The number of anilines is 1. The van der Waals surface area contributed by atoms with Crippen molar-refractivity contribution in [2.45, 2.75) is 6.92 Å². The molecule has 1 N–H and O–H groups in total. The van der Waals surface area contributed by atoms with Crippen LogP contribution in [0.1, 0.15) is 23.0 Å². The van der Waals surface area contributed by atoms with E-state index in [2.05, 4.69) is 21.5 Å². The van der Waals surface area contributed by atoms with Crippen LogP contribution < -0.4 is 10.1 Å². The molecule has 0 fully saturated rings. The predicted molar refractivity (Wildman–Crippen MR) is 119 cm³/mol. The van der Waals surface area contributed by atoms with E-state index in [-0.39, 0.29) is 44.9 Å². The second-order valence-electron chi connectivity index (χ2n) is 6.96. The van der Waals surface area contributed by atoms with Crippen molar-refractivity contribution in [2.24, 2.45) is 0 Å². The van der Waals surface area contributed by atoms with Gasteiger partial charge in [-0.25, -0.2) is 14.2 Å². The highest BCUT2D eigenvalue weighted by molar-refractivity contribution is 8.35. The Labute approximate surface area is 181 Å². The van der Waals surface area contributed by atoms with E-state index in [1.165, 1.54) is 39.3 Å². The van der Waals surface area contributed by atoms with E-state index >= 15 is 0 Å². The number of rotatable bonds is 4. The Hall–Kier alpha value is -2.76. The van der Waals surface area contributed by atoms with E-state index < -0.39 is 21.8 Å². The van der Waals surface area contributed by atoms with E-state index in [4.69, 9.17) is 21.1 Å². The highest BCUT2D eigenvalue weighted by Gasteiger charge is 2.23. The molecule has 0 unspecified atom stereocenters. The summed E-state index contributed by atoms with van der Waals surface area (Å²) in [5.74, 6) is 0.880. The Balaban J connectivity index is 2.86. The summed E-state index contributed by atoms with van der Waals surface area (Å²) in [7, 11) is 1.25. The van der Waals surface area contributed by atoms with Crippen molar-refractivity contribution in [1.82, 2.24) is 4.98 Å². The van der Waals surface area contributed by atoms with Crippen molar-refractivity contribution in [3.63, 3.8) is 0 Å². The number of hydrogen-bond acceptors (Lipinski definition) is 5. The van der Waals surface area contributed by atoms with Gasteiger partial charge in [-0.2, -0.15) is 10.0 Å². The smallest absolute Gasteiger partial charge is 0.358 e. The van der Waals surface area contributed by atoms with Crippen LogP contribution in [0.4, 0.5) is 10.1 Å². The standard InChI is InChI=1S/C21H22ClFN2O4S/c1-12(26)24-17-11-16(13-7-8-15(22)20(28-2)18(13)23)25-19(21(27)29-3)14(17)9-10-30(4,5)6/h7-8,11H,1-6H3,(H,24,25,26). The zero-order valence-electron chi connectivity index (χ0n) is 17.5. The Morgan fingerprint density at radius 1 is 1.23 bits per heavy atom. The third-order valence-electron chi connectivity index (χ3n) is 3.72. The second-order valence-corrected chi connectivity index (χ2v) is 11.2. The maximum absolute atomic E-state index is 15.0. The van der Waals surface area contributed by atoms with E-state index in [1.54, 1.807) is 0 Å². The molecule has 0 saturated heterocycles. The van der Waals surface area contributed by atoms with Gasteiger partial charge < -0.3 is 14.8 Å². The third-order valence-corrected chi connectivity index (χ3v) is 4.73. The topological polar surface area (TPSA) is 77.5 Å². The summed E-state index contributed by atoms with van der Waals surface area (Å²) in [6.45, 7) is 1.32. The average molecular weight is 453 g/mol. The molecule has 1 aromatic heterocycles. The molecule has 160 valence electrons. The van der Waals surface area contributed by atoms with Gasteiger partial charge in [-0.3, -0.25) is 4.79 Å². The summed E-state index contributed by atoms with van der Waals surface area (Å²) < 4.78 is 24.8. The van der Waals surface area contributed by atoms with Crippen LogP contribution in [-0.4, -0.2) is 49.8 Å². The van der Waals surface area contributed by atoms with Crippen LogP contribution in [-0.2, 0) is 9.53 Å². The number of esters is 1. The lowest BCUT2D eigenvalue weighted by Gasteiger charge is -2.17. The second kappa shape index (κ2) is 9.37. The minimum atomic E-state index is -1.24. The Morgan fingerprint density at radius 3 is 2.43 bits per heavy atom. The number of aromatic nitrogens is 1. The summed E-state index contributed by atoms with van der Waals surface area (Å²) in [6, 6.07) is 4.31. The largest absolute Gasteiger partial charge is 0.492 e. The molecular weight excluding hydrogens is 431 g/mol. The molecule has 2 rings (SSSR count). The molecule has 0 aliphatic rings. The van der Waals surface area contributed by atoms with E-state index in [9.17, 15) is 14.0 Å². The van der Waals surface area contributed by atoms with Crippen LogP contribution in [0.15, 0.2) is 18.2 Å². The molecule has 0 spiro atoms. The van der Waals surface area contributed by atoms with Gasteiger partial charge in [0.1, 0.15) is 0 Å². The van der Waals surface area contributed by atoms with Crippen LogP contribution in [0.5, 0.6) is 5.75 Å². The lowest BCUT2D eigenvalue weighted by molar-refractivity contribution is -0.114. The minimum absolute atomic E-state index is 0.0361. The molecule has 0 saturated carbocycles. The zero-order chi connectivity index (χ0) is 22.6. The molecule has 0 radical (unpaired) electrons. The number of amides is 1. The van der Waals surface area contributed by atoms with Crippen molar-refractivity contribution >= 4 is 39.2 Å². The molecule has 1 amide bonds. The lowest BCUT2D eigenvalue weighted by Crippen LogP contribution is -2.14. The fourth-order valence-corrected chi connectivity index (χ4v) is 3.10. The highest BCUT2D eigenvalue weighted by Crippen LogP contribution is 2.37. The Morgan fingerprint density at radius 2 is 1.90 bits per heavy atom. The molecule has 0 bridgehead atoms. The number of halogens is 2. The Bertz CT molecular complexity index is 1070. The molecule has 1 heterocycles. The van der Waals surface area contributed by atoms with Crippen LogP contribution in [0.3, 0.4) is 0 Å². The SMILES string of the molecule is COC(=O)c1nc(-c2ccc(Cl)c(OC)c2F)cc(NC(C)=O)c1C#CS(C)(C)C. The van der Waals surface area contributed by atoms with Gasteiger partial charge in [0.15, 0.2) is 17.3 Å². The first-order valence-electron chi connectivity index (χ1n) is 8.63.